The van der Waals surface area contributed by atoms with Gasteiger partial charge >= 0.3 is 0 Å². The van der Waals surface area contributed by atoms with Crippen molar-refractivity contribution < 1.29 is 23.9 Å². The molecule has 0 atom stereocenters. The van der Waals surface area contributed by atoms with Gasteiger partial charge < -0.3 is 25.4 Å². The van der Waals surface area contributed by atoms with Crippen LogP contribution in [0.5, 0.6) is 11.5 Å². The number of fused-ring (bicyclic) bond motifs is 1. The van der Waals surface area contributed by atoms with Crippen LogP contribution in [0.15, 0.2) is 102 Å². The van der Waals surface area contributed by atoms with Crippen molar-refractivity contribution in [1.82, 2.24) is 5.32 Å². The van der Waals surface area contributed by atoms with Crippen molar-refractivity contribution in [2.75, 3.05) is 29.6 Å². The summed E-state index contributed by atoms with van der Waals surface area (Å²) in [6, 6.07) is 25.7. The minimum absolute atomic E-state index is 0.0434. The van der Waals surface area contributed by atoms with E-state index in [0.717, 1.165) is 4.90 Å². The molecule has 0 saturated heterocycles. The second kappa shape index (κ2) is 14.2. The molecule has 0 saturated carbocycles. The second-order valence-electron chi connectivity index (χ2n) is 9.19. The van der Waals surface area contributed by atoms with E-state index in [2.05, 4.69) is 16.0 Å². The highest BCUT2D eigenvalue weighted by atomic mass is 35.5. The Morgan fingerprint density at radius 3 is 2.16 bits per heavy atom. The van der Waals surface area contributed by atoms with E-state index < -0.39 is 11.8 Å². The highest BCUT2D eigenvalue weighted by Crippen LogP contribution is 2.33. The fraction of sp³-hybridized carbons (Fsp3) is 0.0938. The van der Waals surface area contributed by atoms with Gasteiger partial charge in [0.15, 0.2) is 11.5 Å². The number of ether oxygens (including phenoxy) is 2. The van der Waals surface area contributed by atoms with Crippen LogP contribution in [0.1, 0.15) is 15.9 Å². The summed E-state index contributed by atoms with van der Waals surface area (Å²) in [5.41, 5.74) is 1.84. The summed E-state index contributed by atoms with van der Waals surface area (Å²) < 4.78 is 11.1. The van der Waals surface area contributed by atoms with Crippen molar-refractivity contribution in [3.8, 4) is 11.5 Å². The largest absolute Gasteiger partial charge is 0.486 e. The van der Waals surface area contributed by atoms with Crippen molar-refractivity contribution in [2.45, 2.75) is 4.90 Å². The first kappa shape index (κ1) is 30.0. The summed E-state index contributed by atoms with van der Waals surface area (Å²) in [5, 5.41) is 8.96. The van der Waals surface area contributed by atoms with Gasteiger partial charge in [-0.2, -0.15) is 0 Å². The van der Waals surface area contributed by atoms with E-state index in [4.69, 9.17) is 32.7 Å². The number of carbonyl (C=O) groups excluding carboxylic acids is 3. The third-order valence-electron chi connectivity index (χ3n) is 6.13. The first-order valence-corrected chi connectivity index (χ1v) is 14.9. The summed E-state index contributed by atoms with van der Waals surface area (Å²) in [6.07, 6.45) is 1.44. The Balaban J connectivity index is 1.22. The van der Waals surface area contributed by atoms with Crippen LogP contribution in [0.3, 0.4) is 0 Å². The Bertz CT molecular complexity index is 1660. The Morgan fingerprint density at radius 1 is 0.767 bits per heavy atom. The standard InChI is InChI=1S/C32H25Cl2N3O5S/c33-25-7-4-8-26(34)24(25)18-27(37-31(39)20-5-2-1-3-6-20)32(40)36-21-9-12-23(13-10-21)43-19-30(38)35-22-11-14-28-29(17-22)42-16-15-41-28/h1-14,17-18H,15-16,19H2,(H,35,38)(H,36,40)(H,37,39)/b27-18-. The lowest BCUT2D eigenvalue weighted by molar-refractivity contribution is -0.114. The van der Waals surface area contributed by atoms with E-state index in [0.29, 0.717) is 57.3 Å². The topological polar surface area (TPSA) is 106 Å². The van der Waals surface area contributed by atoms with Crippen LogP contribution in [-0.2, 0) is 9.59 Å². The number of nitrogens with one attached hydrogen (secondary N) is 3. The highest BCUT2D eigenvalue weighted by Gasteiger charge is 2.17. The van der Waals surface area contributed by atoms with Crippen molar-refractivity contribution in [2.24, 2.45) is 0 Å². The molecule has 0 bridgehead atoms. The van der Waals surface area contributed by atoms with E-state index in [1.807, 2.05) is 0 Å². The first-order chi connectivity index (χ1) is 20.9. The third kappa shape index (κ3) is 8.10. The van der Waals surface area contributed by atoms with Crippen LogP contribution < -0.4 is 25.4 Å². The molecule has 43 heavy (non-hydrogen) atoms. The lowest BCUT2D eigenvalue weighted by Gasteiger charge is -2.19. The molecule has 218 valence electrons. The van der Waals surface area contributed by atoms with Gasteiger partial charge in [0, 0.05) is 43.5 Å². The molecular weight excluding hydrogens is 609 g/mol. The molecule has 1 aliphatic rings. The Labute approximate surface area is 262 Å². The van der Waals surface area contributed by atoms with Gasteiger partial charge in [0.05, 0.1) is 5.75 Å². The molecule has 11 heteroatoms. The molecular formula is C32H25Cl2N3O5S. The van der Waals surface area contributed by atoms with E-state index >= 15 is 0 Å². The van der Waals surface area contributed by atoms with Crippen molar-refractivity contribution in [3.63, 3.8) is 0 Å². The summed E-state index contributed by atoms with van der Waals surface area (Å²) in [4.78, 5) is 39.5. The van der Waals surface area contributed by atoms with Gasteiger partial charge in [0.25, 0.3) is 11.8 Å². The van der Waals surface area contributed by atoms with Gasteiger partial charge in [-0.25, -0.2) is 0 Å². The lowest BCUT2D eigenvalue weighted by Crippen LogP contribution is -2.30. The summed E-state index contributed by atoms with van der Waals surface area (Å²) >= 11 is 14.0. The molecule has 1 aliphatic heterocycles. The zero-order valence-electron chi connectivity index (χ0n) is 22.6. The molecule has 3 amide bonds. The number of benzene rings is 4. The summed E-state index contributed by atoms with van der Waals surface area (Å²) in [5.74, 6) is 0.214. The highest BCUT2D eigenvalue weighted by molar-refractivity contribution is 8.00. The van der Waals surface area contributed by atoms with E-state index in [1.54, 1.807) is 91.0 Å². The number of amides is 3. The van der Waals surface area contributed by atoms with E-state index in [1.165, 1.54) is 17.8 Å². The van der Waals surface area contributed by atoms with Gasteiger partial charge in [-0.15, -0.1) is 11.8 Å². The Kier molecular flexibility index (Phi) is 9.88. The zero-order chi connectivity index (χ0) is 30.2. The van der Waals surface area contributed by atoms with Crippen LogP contribution in [0.2, 0.25) is 10.0 Å². The Morgan fingerprint density at radius 2 is 1.44 bits per heavy atom. The van der Waals surface area contributed by atoms with Gasteiger partial charge in [0.2, 0.25) is 5.91 Å². The molecule has 5 rings (SSSR count). The summed E-state index contributed by atoms with van der Waals surface area (Å²) in [6.45, 7) is 0.963. The maximum atomic E-state index is 13.3. The number of rotatable bonds is 9. The van der Waals surface area contributed by atoms with E-state index in [9.17, 15) is 14.4 Å². The molecule has 4 aromatic carbocycles. The number of thioether (sulfide) groups is 1. The van der Waals surface area contributed by atoms with Crippen molar-refractivity contribution in [1.29, 1.82) is 0 Å². The maximum Gasteiger partial charge on any atom is 0.272 e. The van der Waals surface area contributed by atoms with Gasteiger partial charge in [-0.05, 0) is 66.7 Å². The first-order valence-electron chi connectivity index (χ1n) is 13.1. The number of carbonyl (C=O) groups is 3. The second-order valence-corrected chi connectivity index (χ2v) is 11.1. The molecule has 0 radical (unpaired) electrons. The molecule has 0 fully saturated rings. The molecule has 0 aliphatic carbocycles. The predicted molar refractivity (Wildman–Crippen MR) is 170 cm³/mol. The molecule has 0 unspecified atom stereocenters. The molecule has 0 spiro atoms. The number of hydrogen-bond donors (Lipinski definition) is 3. The number of hydrogen-bond acceptors (Lipinski definition) is 6. The van der Waals surface area contributed by atoms with Crippen molar-refractivity contribution >= 4 is 70.1 Å². The average molecular weight is 635 g/mol. The van der Waals surface area contributed by atoms with Crippen LogP contribution in [0, 0.1) is 0 Å². The normalized spacial score (nSPS) is 12.3. The zero-order valence-corrected chi connectivity index (χ0v) is 24.9. The van der Waals surface area contributed by atoms with Gasteiger partial charge in [-0.3, -0.25) is 14.4 Å². The number of halogens is 2. The van der Waals surface area contributed by atoms with Crippen LogP contribution in [-0.4, -0.2) is 36.7 Å². The van der Waals surface area contributed by atoms with Crippen LogP contribution in [0.25, 0.3) is 6.08 Å². The smallest absolute Gasteiger partial charge is 0.272 e. The minimum Gasteiger partial charge on any atom is -0.486 e. The van der Waals surface area contributed by atoms with Crippen molar-refractivity contribution in [3.05, 3.63) is 118 Å². The SMILES string of the molecule is O=C(CSc1ccc(NC(=O)/C(=C/c2c(Cl)cccc2Cl)NC(=O)c2ccccc2)cc1)Nc1ccc2c(c1)OCCO2. The van der Waals surface area contributed by atoms with E-state index in [-0.39, 0.29) is 17.4 Å². The van der Waals surface area contributed by atoms with Gasteiger partial charge in [-0.1, -0.05) is 47.5 Å². The molecule has 8 nitrogen and oxygen atoms in total. The molecule has 1 heterocycles. The molecule has 4 aromatic rings. The summed E-state index contributed by atoms with van der Waals surface area (Å²) in [7, 11) is 0. The van der Waals surface area contributed by atoms with Crippen LogP contribution in [0.4, 0.5) is 11.4 Å². The van der Waals surface area contributed by atoms with Crippen LogP contribution >= 0.6 is 35.0 Å². The third-order valence-corrected chi connectivity index (χ3v) is 7.80. The fourth-order valence-electron chi connectivity index (χ4n) is 4.04. The predicted octanol–water partition coefficient (Wildman–Crippen LogP) is 6.91. The maximum absolute atomic E-state index is 13.3. The molecule has 0 aromatic heterocycles. The quantitative estimate of drug-likeness (QED) is 0.137. The number of anilines is 2. The minimum atomic E-state index is -0.570. The average Bonchev–Trinajstić information content (AvgIpc) is 3.02. The lowest BCUT2D eigenvalue weighted by atomic mass is 10.1. The Hall–Kier alpha value is -4.44. The monoisotopic (exact) mass is 633 g/mol. The van der Waals surface area contributed by atoms with Gasteiger partial charge in [0.1, 0.15) is 18.9 Å². The molecule has 3 N–H and O–H groups in total. The fourth-order valence-corrected chi connectivity index (χ4v) is 5.24.